The fourth-order valence-corrected chi connectivity index (χ4v) is 1.44. The van der Waals surface area contributed by atoms with Crippen LogP contribution in [-0.4, -0.2) is 30.2 Å². The molecule has 1 amide bonds. The topological polar surface area (TPSA) is 49.3 Å². The normalized spacial score (nSPS) is 13.2. The summed E-state index contributed by atoms with van der Waals surface area (Å²) in [6.07, 6.45) is -4.59. The molecule has 0 aliphatic rings. The quantitative estimate of drug-likeness (QED) is 0.876. The number of amides is 1. The Kier molecular flexibility index (Phi) is 8.63. The zero-order valence-electron chi connectivity index (χ0n) is 11.7. The fraction of sp³-hybridized carbons (Fsp3) is 0.500. The van der Waals surface area contributed by atoms with Gasteiger partial charge >= 0.3 is 6.43 Å². The first-order valence-electron chi connectivity index (χ1n) is 6.34. The van der Waals surface area contributed by atoms with Crippen molar-refractivity contribution in [3.05, 3.63) is 35.4 Å². The maximum absolute atomic E-state index is 12.7. The summed E-state index contributed by atoms with van der Waals surface area (Å²) in [6, 6.07) is 5.12. The number of hydrogen-bond acceptors (Lipinski definition) is 2. The summed E-state index contributed by atoms with van der Waals surface area (Å²) in [4.78, 5) is 10.8. The molecule has 114 valence electrons. The average molecular weight is 291 g/mol. The molecule has 0 aliphatic carbocycles. The summed E-state index contributed by atoms with van der Waals surface area (Å²) >= 11 is 0. The van der Waals surface area contributed by atoms with Crippen molar-refractivity contribution in [2.75, 3.05) is 6.67 Å². The van der Waals surface area contributed by atoms with E-state index in [4.69, 9.17) is 0 Å². The first-order chi connectivity index (χ1) is 9.45. The van der Waals surface area contributed by atoms with Gasteiger partial charge in [-0.25, -0.2) is 4.39 Å². The van der Waals surface area contributed by atoms with E-state index < -0.39 is 31.2 Å². The van der Waals surface area contributed by atoms with Crippen LogP contribution in [-0.2, 0) is 4.79 Å². The maximum Gasteiger partial charge on any atom is 0.315 e. The molecule has 0 aromatic heterocycles. The van der Waals surface area contributed by atoms with Crippen LogP contribution in [0.3, 0.4) is 0 Å². The van der Waals surface area contributed by atoms with Gasteiger partial charge < -0.3 is 10.4 Å². The monoisotopic (exact) mass is 291 g/mol. The summed E-state index contributed by atoms with van der Waals surface area (Å²) in [5.41, 5.74) is 1.30. The summed E-state index contributed by atoms with van der Waals surface area (Å²) in [7, 11) is 0. The number of alkyl halides is 3. The number of benzene rings is 1. The molecule has 0 bridgehead atoms. The fourth-order valence-electron chi connectivity index (χ4n) is 1.44. The van der Waals surface area contributed by atoms with Crippen molar-refractivity contribution in [1.29, 1.82) is 0 Å². The van der Waals surface area contributed by atoms with Crippen LogP contribution in [0.5, 0.6) is 0 Å². The molecule has 0 saturated heterocycles. The molecule has 20 heavy (non-hydrogen) atoms. The van der Waals surface area contributed by atoms with Crippen LogP contribution in [0.15, 0.2) is 24.3 Å². The smallest absolute Gasteiger partial charge is 0.315 e. The molecule has 0 radical (unpaired) electrons. The predicted octanol–water partition coefficient (Wildman–Crippen LogP) is 2.77. The second-order valence-corrected chi connectivity index (χ2v) is 3.93. The lowest BCUT2D eigenvalue weighted by atomic mass is 10.0. The largest absolute Gasteiger partial charge is 0.386 e. The van der Waals surface area contributed by atoms with Gasteiger partial charge in [-0.1, -0.05) is 43.7 Å². The van der Waals surface area contributed by atoms with Crippen LogP contribution < -0.4 is 5.32 Å². The van der Waals surface area contributed by atoms with E-state index in [0.717, 1.165) is 5.56 Å². The van der Waals surface area contributed by atoms with Gasteiger partial charge in [0.2, 0.25) is 0 Å². The molecule has 0 heterocycles. The van der Waals surface area contributed by atoms with Gasteiger partial charge in [-0.2, -0.15) is 8.78 Å². The molecule has 0 spiro atoms. The number of carbonyl (C=O) groups is 1. The lowest BCUT2D eigenvalue weighted by Crippen LogP contribution is -2.43. The van der Waals surface area contributed by atoms with Crippen molar-refractivity contribution in [3.63, 3.8) is 0 Å². The summed E-state index contributed by atoms with van der Waals surface area (Å²) in [6.45, 7) is 4.70. The highest BCUT2D eigenvalue weighted by Crippen LogP contribution is 2.18. The summed E-state index contributed by atoms with van der Waals surface area (Å²) in [5.74, 6) is -1.59. The van der Waals surface area contributed by atoms with Gasteiger partial charge in [-0.15, -0.1) is 0 Å². The third kappa shape index (κ3) is 5.61. The number of hydrogen-bond donors (Lipinski definition) is 2. The molecule has 2 N–H and O–H groups in total. The van der Waals surface area contributed by atoms with E-state index in [1.165, 1.54) is 0 Å². The summed E-state index contributed by atoms with van der Waals surface area (Å²) < 4.78 is 36.7. The number of aliphatic hydroxyl groups excluding tert-OH is 1. The summed E-state index contributed by atoms with van der Waals surface area (Å²) in [5, 5.41) is 11.6. The minimum Gasteiger partial charge on any atom is -0.386 e. The standard InChI is InChI=1S/C12H14F3NO2.C2H6/c1-7-2-4-8(5-3-7)10(17)9(6-13)16-12(18)11(14)15;1-2/h2-5,9-11,17H,6H2,1H3,(H,16,18);1-2H3. The number of carbonyl (C=O) groups excluding carboxylic acids is 1. The van der Waals surface area contributed by atoms with Gasteiger partial charge in [0, 0.05) is 0 Å². The van der Waals surface area contributed by atoms with E-state index in [9.17, 15) is 23.1 Å². The van der Waals surface area contributed by atoms with E-state index >= 15 is 0 Å². The molecular formula is C14H20F3NO2. The molecular weight excluding hydrogens is 271 g/mol. The van der Waals surface area contributed by atoms with Gasteiger partial charge in [0.1, 0.15) is 12.8 Å². The van der Waals surface area contributed by atoms with Crippen LogP contribution in [0.4, 0.5) is 13.2 Å². The zero-order valence-corrected chi connectivity index (χ0v) is 11.7. The Balaban J connectivity index is 0.00000172. The van der Waals surface area contributed by atoms with E-state index in [1.807, 2.05) is 20.8 Å². The van der Waals surface area contributed by atoms with Crippen molar-refractivity contribution in [2.24, 2.45) is 0 Å². The molecule has 3 nitrogen and oxygen atoms in total. The maximum atomic E-state index is 12.7. The van der Waals surface area contributed by atoms with E-state index in [1.54, 1.807) is 29.6 Å². The van der Waals surface area contributed by atoms with Crippen molar-refractivity contribution in [2.45, 2.75) is 39.3 Å². The second-order valence-electron chi connectivity index (χ2n) is 3.93. The van der Waals surface area contributed by atoms with Crippen molar-refractivity contribution in [3.8, 4) is 0 Å². The van der Waals surface area contributed by atoms with Crippen molar-refractivity contribution in [1.82, 2.24) is 5.32 Å². The molecule has 0 saturated carbocycles. The number of nitrogens with one attached hydrogen (secondary N) is 1. The Bertz CT molecular complexity index is 396. The van der Waals surface area contributed by atoms with Crippen molar-refractivity contribution < 1.29 is 23.1 Å². The SMILES string of the molecule is CC.Cc1ccc(C(O)C(CF)NC(=O)C(F)F)cc1. The van der Waals surface area contributed by atoms with Crippen molar-refractivity contribution >= 4 is 5.91 Å². The molecule has 1 aromatic rings. The molecule has 2 unspecified atom stereocenters. The third-order valence-electron chi connectivity index (χ3n) is 2.49. The number of aryl methyl sites for hydroxylation is 1. The minimum atomic E-state index is -3.23. The number of halogens is 3. The highest BCUT2D eigenvalue weighted by molar-refractivity contribution is 5.79. The molecule has 1 rings (SSSR count). The molecule has 0 fully saturated rings. The van der Waals surface area contributed by atoms with E-state index in [0.29, 0.717) is 5.56 Å². The van der Waals surface area contributed by atoms with E-state index in [2.05, 4.69) is 0 Å². The lowest BCUT2D eigenvalue weighted by molar-refractivity contribution is -0.133. The first kappa shape index (κ1) is 18.4. The molecule has 2 atom stereocenters. The van der Waals surface area contributed by atoms with Crippen LogP contribution in [0.25, 0.3) is 0 Å². The van der Waals surface area contributed by atoms with E-state index in [-0.39, 0.29) is 0 Å². The first-order valence-corrected chi connectivity index (χ1v) is 6.34. The second kappa shape index (κ2) is 9.36. The Morgan fingerprint density at radius 1 is 1.25 bits per heavy atom. The Morgan fingerprint density at radius 2 is 1.75 bits per heavy atom. The highest BCUT2D eigenvalue weighted by Gasteiger charge is 2.26. The Labute approximate surface area is 116 Å². The third-order valence-corrected chi connectivity index (χ3v) is 2.49. The highest BCUT2D eigenvalue weighted by atomic mass is 19.3. The molecule has 1 aromatic carbocycles. The number of rotatable bonds is 5. The average Bonchev–Trinajstić information content (AvgIpc) is 2.46. The predicted molar refractivity (Wildman–Crippen MR) is 71.4 cm³/mol. The van der Waals surface area contributed by atoms with Gasteiger partial charge in [0.15, 0.2) is 0 Å². The lowest BCUT2D eigenvalue weighted by Gasteiger charge is -2.21. The number of aliphatic hydroxyl groups is 1. The van der Waals surface area contributed by atoms with Gasteiger partial charge in [0.05, 0.1) is 6.04 Å². The van der Waals surface area contributed by atoms with Crippen LogP contribution >= 0.6 is 0 Å². The van der Waals surface area contributed by atoms with Gasteiger partial charge in [-0.3, -0.25) is 4.79 Å². The van der Waals surface area contributed by atoms with Crippen LogP contribution in [0.2, 0.25) is 0 Å². The zero-order chi connectivity index (χ0) is 15.7. The van der Waals surface area contributed by atoms with Crippen LogP contribution in [0.1, 0.15) is 31.1 Å². The molecule has 0 aliphatic heterocycles. The Morgan fingerprint density at radius 3 is 2.15 bits per heavy atom. The molecule has 6 heteroatoms. The van der Waals surface area contributed by atoms with Gasteiger partial charge in [0.25, 0.3) is 5.91 Å². The van der Waals surface area contributed by atoms with Gasteiger partial charge in [-0.05, 0) is 12.5 Å². The van der Waals surface area contributed by atoms with Crippen LogP contribution in [0, 0.1) is 6.92 Å². The minimum absolute atomic E-state index is 0.359. The Hall–Kier alpha value is -1.56.